The van der Waals surface area contributed by atoms with Gasteiger partial charge in [-0.05, 0) is 54.4 Å². The van der Waals surface area contributed by atoms with E-state index in [0.717, 1.165) is 0 Å². The fourth-order valence-corrected chi connectivity index (χ4v) is 3.26. The summed E-state index contributed by atoms with van der Waals surface area (Å²) in [6, 6.07) is -5.18. The van der Waals surface area contributed by atoms with Crippen molar-refractivity contribution in [2.45, 2.75) is 96.6 Å². The van der Waals surface area contributed by atoms with Gasteiger partial charge in [-0.25, -0.2) is 4.79 Å². The number of urea groups is 1. The zero-order valence-corrected chi connectivity index (χ0v) is 25.9. The predicted molar refractivity (Wildman–Crippen MR) is 153 cm³/mol. The predicted octanol–water partition coefficient (Wildman–Crippen LogP) is -2.49. The van der Waals surface area contributed by atoms with Crippen molar-refractivity contribution >= 4 is 47.6 Å². The molecule has 0 aromatic carbocycles. The summed E-state index contributed by atoms with van der Waals surface area (Å²) in [5.41, 5.74) is 9.00. The largest absolute Gasteiger partial charge is 0.480 e. The first-order valence-electron chi connectivity index (χ1n) is 13.7. The monoisotopic (exact) mass is 631 g/mol. The Kier molecular flexibility index (Phi) is 16.4. The number of nitrogens with one attached hydrogen (secondary N) is 5. The van der Waals surface area contributed by atoms with Crippen LogP contribution in [0.4, 0.5) is 4.79 Å². The Balaban J connectivity index is 5.87. The number of carbonyl (C=O) groups excluding carboxylic acids is 7. The topological polar surface area (TPSA) is 287 Å². The van der Waals surface area contributed by atoms with Gasteiger partial charge in [-0.2, -0.15) is 0 Å². The van der Waals surface area contributed by atoms with Gasteiger partial charge in [0.25, 0.3) is 0 Å². The van der Waals surface area contributed by atoms with Gasteiger partial charge in [-0.15, -0.1) is 0 Å². The molecule has 0 aromatic heterocycles. The van der Waals surface area contributed by atoms with Crippen molar-refractivity contribution in [3.05, 3.63) is 0 Å². The quantitative estimate of drug-likeness (QED) is 0.0611. The normalized spacial score (nSPS) is 13.2. The van der Waals surface area contributed by atoms with Crippen LogP contribution in [0.5, 0.6) is 0 Å². The number of hydrogen-bond acceptors (Lipinski definition) is 11. The van der Waals surface area contributed by atoms with Crippen LogP contribution in [-0.2, 0) is 43.0 Å². The molecule has 0 aliphatic heterocycles. The van der Waals surface area contributed by atoms with Crippen molar-refractivity contribution in [1.82, 2.24) is 26.6 Å². The van der Waals surface area contributed by atoms with E-state index < -0.39 is 103 Å². The average Bonchev–Trinajstić information content (AvgIpc) is 2.84. The maximum absolute atomic E-state index is 13.3. The summed E-state index contributed by atoms with van der Waals surface area (Å²) in [6.07, 6.45) is -1.05. The summed E-state index contributed by atoms with van der Waals surface area (Å²) in [6.45, 7) is 8.22. The van der Waals surface area contributed by atoms with E-state index in [4.69, 9.17) is 26.0 Å². The third kappa shape index (κ3) is 19.6. The summed E-state index contributed by atoms with van der Waals surface area (Å²) in [7, 11) is 0. The second-order valence-corrected chi connectivity index (χ2v) is 11.6. The van der Waals surface area contributed by atoms with Gasteiger partial charge in [-0.1, -0.05) is 0 Å². The van der Waals surface area contributed by atoms with E-state index in [-0.39, 0.29) is 19.4 Å². The van der Waals surface area contributed by atoms with Crippen molar-refractivity contribution in [1.29, 1.82) is 0 Å². The molecular formula is C26H45N7O11. The molecule has 10 N–H and O–H groups in total. The molecule has 0 unspecified atom stereocenters. The van der Waals surface area contributed by atoms with Crippen LogP contribution in [-0.4, -0.2) is 102 Å². The molecule has 0 fully saturated rings. The molecule has 0 radical (unpaired) electrons. The molecule has 0 aromatic rings. The van der Waals surface area contributed by atoms with Gasteiger partial charge < -0.3 is 52.6 Å². The van der Waals surface area contributed by atoms with Crippen molar-refractivity contribution < 1.29 is 52.9 Å². The molecule has 0 heterocycles. The van der Waals surface area contributed by atoms with Crippen LogP contribution in [0.1, 0.15) is 67.2 Å². The Morgan fingerprint density at radius 1 is 0.705 bits per heavy atom. The third-order valence-electron chi connectivity index (χ3n) is 5.04. The van der Waals surface area contributed by atoms with Crippen LogP contribution in [0.2, 0.25) is 0 Å². The van der Waals surface area contributed by atoms with Crippen molar-refractivity contribution in [3.8, 4) is 0 Å². The molecule has 0 bridgehead atoms. The van der Waals surface area contributed by atoms with E-state index in [9.17, 15) is 38.4 Å². The number of rotatable bonds is 17. The Morgan fingerprint density at radius 3 is 1.64 bits per heavy atom. The number of hydrogen-bond donors (Lipinski definition) is 8. The standard InChI is InChI=1S/C26H45N7O11/c1-25(2,3)43-19(37)10-15(22(40)31-12-17(34)30-13-18(35)36)33-23(41)16(11-20(38)44-26(4,5)6)32-21(39)14(27)8-7-9-29-24(28)42/h14-16H,7-13,27H2,1-6H3,(H,30,34)(H,31,40)(H,32,39)(H,33,41)(H,35,36)(H3,28,29,42)/t14-,15-,16-/m1/s1. The Bertz CT molecular complexity index is 1070. The van der Waals surface area contributed by atoms with Crippen LogP contribution in [0.25, 0.3) is 0 Å². The molecular weight excluding hydrogens is 586 g/mol. The summed E-state index contributed by atoms with van der Waals surface area (Å²) < 4.78 is 10.5. The first-order valence-corrected chi connectivity index (χ1v) is 13.7. The van der Waals surface area contributed by atoms with Gasteiger partial charge in [0.1, 0.15) is 29.8 Å². The molecule has 44 heavy (non-hydrogen) atoms. The molecule has 250 valence electrons. The lowest BCUT2D eigenvalue weighted by Crippen LogP contribution is -2.57. The summed E-state index contributed by atoms with van der Waals surface area (Å²) in [5.74, 6) is -6.87. The summed E-state index contributed by atoms with van der Waals surface area (Å²) in [4.78, 5) is 97.4. The van der Waals surface area contributed by atoms with Crippen molar-refractivity contribution in [3.63, 3.8) is 0 Å². The van der Waals surface area contributed by atoms with Crippen LogP contribution >= 0.6 is 0 Å². The number of nitrogens with two attached hydrogens (primary N) is 2. The fourth-order valence-electron chi connectivity index (χ4n) is 3.26. The lowest BCUT2D eigenvalue weighted by Gasteiger charge is -2.26. The fraction of sp³-hybridized carbons (Fsp3) is 0.692. The molecule has 0 rings (SSSR count). The third-order valence-corrected chi connectivity index (χ3v) is 5.04. The summed E-state index contributed by atoms with van der Waals surface area (Å²) in [5, 5.41) is 19.8. The molecule has 6 amide bonds. The lowest BCUT2D eigenvalue weighted by atomic mass is 10.1. The van der Waals surface area contributed by atoms with Crippen molar-refractivity contribution in [2.24, 2.45) is 11.5 Å². The highest BCUT2D eigenvalue weighted by atomic mass is 16.6. The minimum absolute atomic E-state index is 0.0699. The smallest absolute Gasteiger partial charge is 0.322 e. The van der Waals surface area contributed by atoms with Gasteiger partial charge in [-0.3, -0.25) is 33.6 Å². The number of amides is 6. The lowest BCUT2D eigenvalue weighted by molar-refractivity contribution is -0.158. The molecule has 0 aliphatic carbocycles. The zero-order chi connectivity index (χ0) is 34.3. The zero-order valence-electron chi connectivity index (χ0n) is 25.9. The molecule has 18 nitrogen and oxygen atoms in total. The van der Waals surface area contributed by atoms with E-state index >= 15 is 0 Å². The molecule has 0 aliphatic rings. The first-order chi connectivity index (χ1) is 20.1. The number of ether oxygens (including phenoxy) is 2. The first kappa shape index (κ1) is 39.5. The SMILES string of the molecule is CC(C)(C)OC(=O)C[C@@H](NC(=O)[C@H](N)CCCNC(N)=O)C(=O)N[C@H](CC(=O)OC(C)(C)C)C(=O)NCC(=O)NCC(=O)O. The number of aliphatic carboxylic acids is 1. The van der Waals surface area contributed by atoms with Crippen LogP contribution < -0.4 is 38.1 Å². The van der Waals surface area contributed by atoms with Gasteiger partial charge in [0.2, 0.25) is 23.6 Å². The molecule has 0 saturated heterocycles. The van der Waals surface area contributed by atoms with Crippen LogP contribution in [0, 0.1) is 0 Å². The van der Waals surface area contributed by atoms with E-state index in [0.29, 0.717) is 0 Å². The number of primary amides is 1. The number of carbonyl (C=O) groups is 8. The Morgan fingerprint density at radius 2 is 1.18 bits per heavy atom. The number of carboxylic acid groups (broad SMARTS) is 1. The van der Waals surface area contributed by atoms with E-state index in [1.165, 1.54) is 0 Å². The van der Waals surface area contributed by atoms with Crippen molar-refractivity contribution in [2.75, 3.05) is 19.6 Å². The minimum Gasteiger partial charge on any atom is -0.480 e. The second kappa shape index (κ2) is 18.2. The van der Waals surface area contributed by atoms with Gasteiger partial charge in [0.15, 0.2) is 0 Å². The van der Waals surface area contributed by atoms with Gasteiger partial charge in [0, 0.05) is 6.54 Å². The van der Waals surface area contributed by atoms with Gasteiger partial charge >= 0.3 is 23.9 Å². The van der Waals surface area contributed by atoms with E-state index in [2.05, 4.69) is 21.3 Å². The van der Waals surface area contributed by atoms with E-state index in [1.54, 1.807) is 41.5 Å². The number of esters is 2. The molecule has 0 spiro atoms. The average molecular weight is 632 g/mol. The van der Waals surface area contributed by atoms with Crippen LogP contribution in [0.15, 0.2) is 0 Å². The highest BCUT2D eigenvalue weighted by Gasteiger charge is 2.33. The maximum Gasteiger partial charge on any atom is 0.322 e. The highest BCUT2D eigenvalue weighted by Crippen LogP contribution is 2.12. The van der Waals surface area contributed by atoms with Gasteiger partial charge in [0.05, 0.1) is 25.4 Å². The number of carboxylic acids is 1. The Labute approximate surface area is 255 Å². The highest BCUT2D eigenvalue weighted by molar-refractivity contribution is 5.97. The van der Waals surface area contributed by atoms with Crippen LogP contribution in [0.3, 0.4) is 0 Å². The minimum atomic E-state index is -1.64. The summed E-state index contributed by atoms with van der Waals surface area (Å²) >= 11 is 0. The van der Waals surface area contributed by atoms with E-state index in [1.807, 2.05) is 5.32 Å². The molecule has 3 atom stereocenters. The Hall–Kier alpha value is -4.48. The molecule has 0 saturated carbocycles. The second-order valence-electron chi connectivity index (χ2n) is 11.6. The maximum atomic E-state index is 13.3. The molecule has 18 heteroatoms.